The number of benzene rings is 1. The number of nitrogens with one attached hydrogen (secondary N) is 3. The zero-order valence-electron chi connectivity index (χ0n) is 21.0. The van der Waals surface area contributed by atoms with Crippen LogP contribution in [-0.4, -0.2) is 36.4 Å². The maximum Gasteiger partial charge on any atom is -0.00448 e. The third kappa shape index (κ3) is 5.49. The Morgan fingerprint density at radius 1 is 1.35 bits per heavy atom. The van der Waals surface area contributed by atoms with Crippen molar-refractivity contribution in [3.8, 4) is 0 Å². The van der Waals surface area contributed by atoms with E-state index in [1.54, 1.807) is 0 Å². The minimum absolute atomic E-state index is 0.140. The Morgan fingerprint density at radius 2 is 2.18 bits per heavy atom. The second kappa shape index (κ2) is 11.2. The molecule has 2 heterocycles. The summed E-state index contributed by atoms with van der Waals surface area (Å²) in [7, 11) is 0. The molecule has 5 nitrogen and oxygen atoms in total. The van der Waals surface area contributed by atoms with Gasteiger partial charge in [-0.05, 0) is 25.3 Å². The molecule has 0 radical (unpaired) electrons. The maximum atomic E-state index is 15.0. The molecule has 0 bridgehead atoms. The van der Waals surface area contributed by atoms with Crippen molar-refractivity contribution < 1.29 is 4.39 Å². The Morgan fingerprint density at radius 3 is 2.91 bits per heavy atom. The predicted octanol–water partition coefficient (Wildman–Crippen LogP) is 6.07. The van der Waals surface area contributed by atoms with Crippen molar-refractivity contribution in [1.82, 2.24) is 13.7 Å². The number of hydrogen-bond donors (Lipinski definition) is 3. The molecule has 1 fully saturated rings. The fraction of sp³-hybridized carbons (Fsp3) is 0.481. The van der Waals surface area contributed by atoms with Crippen LogP contribution in [0.3, 0.4) is 0 Å². The van der Waals surface area contributed by atoms with E-state index in [0.29, 0.717) is 35.8 Å². The van der Waals surface area contributed by atoms with E-state index in [2.05, 4.69) is 68.9 Å². The van der Waals surface area contributed by atoms with Gasteiger partial charge in [0.2, 0.25) is 0 Å². The number of H-pyrrole nitrogens is 1. The van der Waals surface area contributed by atoms with Gasteiger partial charge in [-0.25, -0.2) is 0 Å². The second-order valence-electron chi connectivity index (χ2n) is 9.59. The molecule has 1 aliphatic heterocycles. The molecule has 34 heavy (non-hydrogen) atoms. The molecule has 1 saturated carbocycles. The molecule has 2 aromatic rings. The summed E-state index contributed by atoms with van der Waals surface area (Å²) in [6, 6.07) is 5.99. The summed E-state index contributed by atoms with van der Waals surface area (Å²) >= 11 is -1.63. The molecule has 0 saturated heterocycles. The van der Waals surface area contributed by atoms with Crippen LogP contribution in [0.4, 0.5) is 15.9 Å². The normalized spacial score (nSPS) is 21.7. The molecule has 1 aliphatic carbocycles. The summed E-state index contributed by atoms with van der Waals surface area (Å²) in [4.78, 5) is 7.32. The third-order valence-electron chi connectivity index (χ3n) is 6.82. The maximum absolute atomic E-state index is 15.0. The summed E-state index contributed by atoms with van der Waals surface area (Å²) in [5.74, 6) is 1.80. The fourth-order valence-electron chi connectivity index (χ4n) is 4.94. The Kier molecular flexibility index (Phi) is 8.31. The van der Waals surface area contributed by atoms with E-state index in [1.165, 1.54) is 9.21 Å². The number of halogens is 1. The molecule has 1 aromatic carbocycles. The van der Waals surface area contributed by atoms with E-state index >= 15 is 4.39 Å². The van der Waals surface area contributed by atoms with Crippen molar-refractivity contribution >= 4 is 41.2 Å². The number of anilines is 2. The summed E-state index contributed by atoms with van der Waals surface area (Å²) < 4.78 is 19.7. The van der Waals surface area contributed by atoms with E-state index in [1.807, 2.05) is 19.1 Å². The standard InChI is InChI=1S/C26H34FN5.CH3.Sb/c1-5-8-21(17(3)4)29-22(9-6-2)18-12-13-19(14-18)24-15-25(32-31-24)30-23-11-7-10-20(16-28)26(23)27;;/h5,7-9,11,15,17-19,28H,6,12-14,16H2,1-4H3,(H2,30,31,32);1H3;/q-1;;+1/b8-5-,22-9+,29-21-;;. The molecule has 7 heteroatoms. The van der Waals surface area contributed by atoms with Gasteiger partial charge in [-0.3, -0.25) is 4.99 Å². The van der Waals surface area contributed by atoms with Crippen molar-refractivity contribution in [3.05, 3.63) is 59.2 Å². The number of allylic oxidation sites excluding steroid dienone is 4. The quantitative estimate of drug-likeness (QED) is 0.266. The van der Waals surface area contributed by atoms with Gasteiger partial charge in [0.25, 0.3) is 0 Å². The van der Waals surface area contributed by atoms with E-state index in [-0.39, 0.29) is 5.82 Å². The van der Waals surface area contributed by atoms with Crippen LogP contribution < -0.4 is 12.3 Å². The Labute approximate surface area is 210 Å². The molecule has 2 aliphatic rings. The summed E-state index contributed by atoms with van der Waals surface area (Å²) in [6.07, 6.45) is 10.8. The SMILES string of the molecule is C\C=C/C(=N/C(=C/CC)C1CCC(c2cc(Nc3cc[c]4c(c3F)C[NH][Sb]4[CH3])n[nH]2)C1)C(C)C. The van der Waals surface area contributed by atoms with Gasteiger partial charge >= 0.3 is 142 Å². The predicted molar refractivity (Wildman–Crippen MR) is 142 cm³/mol. The van der Waals surface area contributed by atoms with Gasteiger partial charge in [0.1, 0.15) is 0 Å². The minimum Gasteiger partial charge on any atom is -0.0572 e. The van der Waals surface area contributed by atoms with Crippen LogP contribution in [0.1, 0.15) is 70.6 Å². The number of hydrogen-bond acceptors (Lipinski definition) is 4. The van der Waals surface area contributed by atoms with Crippen LogP contribution in [0.15, 0.2) is 47.1 Å². The zero-order valence-corrected chi connectivity index (χ0v) is 23.5. The number of aliphatic imine (C=N–C) groups is 1. The van der Waals surface area contributed by atoms with E-state index in [9.17, 15) is 0 Å². The molecule has 2 atom stereocenters. The number of aromatic nitrogens is 2. The minimum atomic E-state index is -1.63. The fourth-order valence-corrected chi connectivity index (χ4v) is 9.07. The van der Waals surface area contributed by atoms with Crippen LogP contribution in [0.25, 0.3) is 0 Å². The first kappa shape index (κ1) is 25.2. The van der Waals surface area contributed by atoms with E-state index < -0.39 is 20.5 Å². The topological polar surface area (TPSA) is 65.1 Å². The van der Waals surface area contributed by atoms with Gasteiger partial charge in [-0.1, -0.05) is 32.9 Å². The second-order valence-corrected chi connectivity index (χ2v) is 15.1. The first-order valence-corrected chi connectivity index (χ1v) is 17.5. The number of rotatable bonds is 8. The zero-order chi connectivity index (χ0) is 24.2. The van der Waals surface area contributed by atoms with Gasteiger partial charge in [-0.2, -0.15) is 0 Å². The molecule has 4 rings (SSSR count). The van der Waals surface area contributed by atoms with E-state index in [4.69, 9.17) is 4.99 Å². The van der Waals surface area contributed by atoms with Gasteiger partial charge < -0.3 is 0 Å². The Bertz CT molecular complexity index is 1100. The van der Waals surface area contributed by atoms with Crippen LogP contribution in [-0.2, 0) is 6.54 Å². The Hall–Kier alpha value is -1.91. The first-order chi connectivity index (χ1) is 16.4. The number of aromatic amines is 1. The molecular formula is C27H37FN5Sb. The molecule has 0 amide bonds. The summed E-state index contributed by atoms with van der Waals surface area (Å²) in [5.41, 5.74) is 4.82. The molecule has 0 spiro atoms. The smallest absolute Gasteiger partial charge is 0.00448 e. The third-order valence-corrected chi connectivity index (χ3v) is 11.9. The molecule has 1 aromatic heterocycles. The number of fused-ring (bicyclic) bond motifs is 1. The summed E-state index contributed by atoms with van der Waals surface area (Å²) in [5, 5.41) is 10.9. The van der Waals surface area contributed by atoms with Gasteiger partial charge in [0, 0.05) is 5.71 Å². The van der Waals surface area contributed by atoms with Crippen molar-refractivity contribution in [2.45, 2.75) is 70.7 Å². The first-order valence-electron chi connectivity index (χ1n) is 12.4. The van der Waals surface area contributed by atoms with Crippen molar-refractivity contribution in [1.29, 1.82) is 0 Å². The molecular weight excluding hydrogens is 535 g/mol. The average molecular weight is 572 g/mol. The van der Waals surface area contributed by atoms with Crippen molar-refractivity contribution in [2.75, 3.05) is 5.32 Å². The monoisotopic (exact) mass is 571 g/mol. The van der Waals surface area contributed by atoms with Crippen LogP contribution in [0.5, 0.6) is 0 Å². The van der Waals surface area contributed by atoms with Crippen LogP contribution in [0, 0.1) is 17.7 Å². The molecule has 2 unspecified atom stereocenters. The summed E-state index contributed by atoms with van der Waals surface area (Å²) in [6.45, 7) is 9.26. The van der Waals surface area contributed by atoms with Crippen LogP contribution in [0.2, 0.25) is 4.87 Å². The van der Waals surface area contributed by atoms with Crippen LogP contribution >= 0.6 is 0 Å². The van der Waals surface area contributed by atoms with Gasteiger partial charge in [0.15, 0.2) is 0 Å². The van der Waals surface area contributed by atoms with Gasteiger partial charge in [0.05, 0.1) is 0 Å². The van der Waals surface area contributed by atoms with Gasteiger partial charge in [-0.15, -0.1) is 0 Å². The molecule has 182 valence electrons. The van der Waals surface area contributed by atoms with E-state index in [0.717, 1.165) is 42.7 Å². The van der Waals surface area contributed by atoms with Crippen molar-refractivity contribution in [2.24, 2.45) is 16.8 Å². The number of nitrogens with zero attached hydrogens (tertiary/aromatic N) is 2. The average Bonchev–Trinajstić information content (AvgIpc) is 3.55. The largest absolute Gasteiger partial charge is 0.0572 e. The Balaban J connectivity index is 1.46. The van der Waals surface area contributed by atoms with Crippen molar-refractivity contribution in [3.63, 3.8) is 0 Å². The molecule has 3 N–H and O–H groups in total.